The number of anilines is 1. The smallest absolute Gasteiger partial charge is 0.274 e. The Kier molecular flexibility index (Phi) is 6.06. The Morgan fingerprint density at radius 1 is 1.22 bits per heavy atom. The summed E-state index contributed by atoms with van der Waals surface area (Å²) in [6, 6.07) is 12.6. The van der Waals surface area contributed by atoms with Gasteiger partial charge in [-0.3, -0.25) is 14.9 Å². The molecule has 0 atom stereocenters. The molecule has 0 saturated heterocycles. The van der Waals surface area contributed by atoms with Gasteiger partial charge in [0.2, 0.25) is 5.91 Å². The minimum absolute atomic E-state index is 0.00422. The van der Waals surface area contributed by atoms with Crippen LogP contribution in [-0.2, 0) is 11.2 Å². The van der Waals surface area contributed by atoms with Crippen molar-refractivity contribution in [1.29, 1.82) is 0 Å². The highest BCUT2D eigenvalue weighted by Crippen LogP contribution is 2.26. The molecule has 1 aliphatic carbocycles. The molecule has 1 aliphatic rings. The molecule has 0 bridgehead atoms. The van der Waals surface area contributed by atoms with Gasteiger partial charge in [0, 0.05) is 12.5 Å². The number of hydrogen-bond donors (Lipinski definition) is 1. The zero-order valence-corrected chi connectivity index (χ0v) is 15.4. The summed E-state index contributed by atoms with van der Waals surface area (Å²) in [6.45, 7) is 1.64. The van der Waals surface area contributed by atoms with Crippen molar-refractivity contribution >= 4 is 17.3 Å². The second-order valence-corrected chi connectivity index (χ2v) is 6.93. The van der Waals surface area contributed by atoms with Crippen LogP contribution in [0, 0.1) is 17.0 Å². The topological polar surface area (TPSA) is 81.5 Å². The number of ether oxygens (including phenoxy) is 1. The van der Waals surface area contributed by atoms with Gasteiger partial charge in [-0.25, -0.2) is 0 Å². The molecule has 1 N–H and O–H groups in total. The first-order valence-electron chi connectivity index (χ1n) is 9.32. The zero-order valence-electron chi connectivity index (χ0n) is 15.4. The average molecular weight is 368 g/mol. The molecule has 2 aromatic carbocycles. The molecule has 0 spiro atoms. The van der Waals surface area contributed by atoms with Gasteiger partial charge >= 0.3 is 0 Å². The van der Waals surface area contributed by atoms with Crippen LogP contribution in [0.5, 0.6) is 5.75 Å². The van der Waals surface area contributed by atoms with Gasteiger partial charge in [0.15, 0.2) is 0 Å². The van der Waals surface area contributed by atoms with E-state index in [1.54, 1.807) is 19.1 Å². The molecule has 2 aromatic rings. The Labute approximate surface area is 158 Å². The molecule has 27 heavy (non-hydrogen) atoms. The van der Waals surface area contributed by atoms with Crippen LogP contribution in [0.4, 0.5) is 11.4 Å². The molecule has 142 valence electrons. The second-order valence-electron chi connectivity index (χ2n) is 6.93. The Hall–Kier alpha value is -2.89. The summed E-state index contributed by atoms with van der Waals surface area (Å²) in [7, 11) is 0. The first-order chi connectivity index (χ1) is 13.0. The van der Waals surface area contributed by atoms with E-state index >= 15 is 0 Å². The molecule has 6 nitrogen and oxygen atoms in total. The molecule has 1 fully saturated rings. The van der Waals surface area contributed by atoms with Crippen molar-refractivity contribution < 1.29 is 14.5 Å². The van der Waals surface area contributed by atoms with Crippen molar-refractivity contribution in [1.82, 2.24) is 0 Å². The van der Waals surface area contributed by atoms with E-state index in [4.69, 9.17) is 4.74 Å². The maximum absolute atomic E-state index is 12.3. The first-order valence-corrected chi connectivity index (χ1v) is 9.32. The average Bonchev–Trinajstić information content (AvgIpc) is 3.15. The molecule has 1 saturated carbocycles. The van der Waals surface area contributed by atoms with Crippen molar-refractivity contribution in [3.05, 3.63) is 63.7 Å². The van der Waals surface area contributed by atoms with E-state index in [-0.39, 0.29) is 11.6 Å². The van der Waals surface area contributed by atoms with Crippen LogP contribution in [0.25, 0.3) is 0 Å². The normalized spacial score (nSPS) is 14.1. The number of carbonyl (C=O) groups is 1. The van der Waals surface area contributed by atoms with Crippen LogP contribution in [0.2, 0.25) is 0 Å². The minimum Gasteiger partial charge on any atom is -0.490 e. The Morgan fingerprint density at radius 2 is 1.96 bits per heavy atom. The van der Waals surface area contributed by atoms with Crippen LogP contribution in [0.1, 0.15) is 43.2 Å². The standard InChI is InChI=1S/C21H24N2O4/c1-15-19(10-5-11-20(15)23(25)26)22-21(24)13-12-16-6-4-9-18(14-16)27-17-7-2-3-8-17/h4-6,9-11,14,17H,2-3,7-8,12-13H2,1H3,(H,22,24). The molecule has 0 heterocycles. The molecular formula is C21H24N2O4. The molecule has 6 heteroatoms. The minimum atomic E-state index is -0.444. The number of hydrogen-bond acceptors (Lipinski definition) is 4. The van der Waals surface area contributed by atoms with E-state index in [0.29, 0.717) is 30.2 Å². The van der Waals surface area contributed by atoms with Gasteiger partial charge in [0.1, 0.15) is 5.75 Å². The van der Waals surface area contributed by atoms with Crippen molar-refractivity contribution in [2.24, 2.45) is 0 Å². The summed E-state index contributed by atoms with van der Waals surface area (Å²) in [5, 5.41) is 13.8. The summed E-state index contributed by atoms with van der Waals surface area (Å²) in [4.78, 5) is 22.8. The maximum atomic E-state index is 12.3. The summed E-state index contributed by atoms with van der Waals surface area (Å²) < 4.78 is 6.01. The Balaban J connectivity index is 1.56. The van der Waals surface area contributed by atoms with Gasteiger partial charge in [0.25, 0.3) is 5.69 Å². The highest BCUT2D eigenvalue weighted by Gasteiger charge is 2.17. The van der Waals surface area contributed by atoms with Crippen molar-refractivity contribution in [2.75, 3.05) is 5.32 Å². The quantitative estimate of drug-likeness (QED) is 0.562. The van der Waals surface area contributed by atoms with E-state index in [1.807, 2.05) is 24.3 Å². The van der Waals surface area contributed by atoms with Crippen LogP contribution < -0.4 is 10.1 Å². The number of aryl methyl sites for hydroxylation is 1. The van der Waals surface area contributed by atoms with Gasteiger partial charge in [-0.2, -0.15) is 0 Å². The Morgan fingerprint density at radius 3 is 2.70 bits per heavy atom. The number of nitrogens with zero attached hydrogens (tertiary/aromatic N) is 1. The summed E-state index contributed by atoms with van der Waals surface area (Å²) in [6.07, 6.45) is 5.85. The lowest BCUT2D eigenvalue weighted by Gasteiger charge is -2.14. The molecule has 0 radical (unpaired) electrons. The maximum Gasteiger partial charge on any atom is 0.274 e. The first kappa shape index (κ1) is 18.9. The molecule has 0 aromatic heterocycles. The SMILES string of the molecule is Cc1c(NC(=O)CCc2cccc(OC3CCCC3)c2)cccc1[N+](=O)[O-]. The number of nitro benzene ring substituents is 1. The van der Waals surface area contributed by atoms with E-state index in [9.17, 15) is 14.9 Å². The second kappa shape index (κ2) is 8.66. The van der Waals surface area contributed by atoms with Crippen molar-refractivity contribution in [3.8, 4) is 5.75 Å². The van der Waals surface area contributed by atoms with E-state index in [0.717, 1.165) is 24.2 Å². The van der Waals surface area contributed by atoms with E-state index in [2.05, 4.69) is 5.32 Å². The van der Waals surface area contributed by atoms with Gasteiger partial charge in [-0.05, 0) is 62.8 Å². The number of rotatable bonds is 7. The third kappa shape index (κ3) is 5.06. The van der Waals surface area contributed by atoms with Gasteiger partial charge in [-0.15, -0.1) is 0 Å². The fraction of sp³-hybridized carbons (Fsp3) is 0.381. The molecule has 0 unspecified atom stereocenters. The highest BCUT2D eigenvalue weighted by molar-refractivity contribution is 5.92. The number of nitro groups is 1. The summed E-state index contributed by atoms with van der Waals surface area (Å²) in [5.41, 5.74) is 1.98. The van der Waals surface area contributed by atoms with Crippen molar-refractivity contribution in [3.63, 3.8) is 0 Å². The lowest BCUT2D eigenvalue weighted by Crippen LogP contribution is -2.14. The Bertz CT molecular complexity index is 829. The fourth-order valence-corrected chi connectivity index (χ4v) is 3.40. The summed E-state index contributed by atoms with van der Waals surface area (Å²) in [5.74, 6) is 0.690. The molecule has 1 amide bonds. The monoisotopic (exact) mass is 368 g/mol. The number of nitrogens with one attached hydrogen (secondary N) is 1. The third-order valence-electron chi connectivity index (χ3n) is 4.92. The number of carbonyl (C=O) groups excluding carboxylic acids is 1. The lowest BCUT2D eigenvalue weighted by molar-refractivity contribution is -0.385. The van der Waals surface area contributed by atoms with Gasteiger partial charge < -0.3 is 10.1 Å². The predicted molar refractivity (Wildman–Crippen MR) is 104 cm³/mol. The van der Waals surface area contributed by atoms with Crippen LogP contribution >= 0.6 is 0 Å². The predicted octanol–water partition coefficient (Wildman–Crippen LogP) is 4.80. The largest absolute Gasteiger partial charge is 0.490 e. The number of amides is 1. The fourth-order valence-electron chi connectivity index (χ4n) is 3.40. The molecule has 3 rings (SSSR count). The van der Waals surface area contributed by atoms with Crippen molar-refractivity contribution in [2.45, 2.75) is 51.6 Å². The molecule has 0 aliphatic heterocycles. The zero-order chi connectivity index (χ0) is 19.2. The van der Waals surface area contributed by atoms with Crippen LogP contribution in [0.15, 0.2) is 42.5 Å². The van der Waals surface area contributed by atoms with Crippen LogP contribution in [0.3, 0.4) is 0 Å². The summed E-state index contributed by atoms with van der Waals surface area (Å²) >= 11 is 0. The van der Waals surface area contributed by atoms with Crippen LogP contribution in [-0.4, -0.2) is 16.9 Å². The lowest BCUT2D eigenvalue weighted by atomic mass is 10.1. The molecular weight excluding hydrogens is 344 g/mol. The van der Waals surface area contributed by atoms with E-state index < -0.39 is 4.92 Å². The van der Waals surface area contributed by atoms with Gasteiger partial charge in [-0.1, -0.05) is 18.2 Å². The highest BCUT2D eigenvalue weighted by atomic mass is 16.6. The van der Waals surface area contributed by atoms with E-state index in [1.165, 1.54) is 18.9 Å². The van der Waals surface area contributed by atoms with Gasteiger partial charge in [0.05, 0.1) is 22.3 Å². The number of benzene rings is 2. The third-order valence-corrected chi connectivity index (χ3v) is 4.92.